The second-order valence-corrected chi connectivity index (χ2v) is 4.99. The molecule has 0 radical (unpaired) electrons. The molecule has 0 saturated carbocycles. The summed E-state index contributed by atoms with van der Waals surface area (Å²) in [6.07, 6.45) is 1.11. The van der Waals surface area contributed by atoms with Crippen LogP contribution in [0.4, 0.5) is 0 Å². The summed E-state index contributed by atoms with van der Waals surface area (Å²) in [5.41, 5.74) is 0.872. The zero-order valence-corrected chi connectivity index (χ0v) is 11.7. The maximum Gasteiger partial charge on any atom is 0.162 e. The largest absolute Gasteiger partial charge is 0.504 e. The molecule has 4 nitrogen and oxygen atoms in total. The average Bonchev–Trinajstić information content (AvgIpc) is 2.94. The lowest BCUT2D eigenvalue weighted by Crippen LogP contribution is -2.33. The number of phenolic OH excluding ortho intramolecular Hbond substituents is 1. The molecule has 0 aromatic heterocycles. The third-order valence-electron chi connectivity index (χ3n) is 3.67. The van der Waals surface area contributed by atoms with Crippen molar-refractivity contribution in [3.8, 4) is 11.5 Å². The van der Waals surface area contributed by atoms with Gasteiger partial charge in [0.05, 0.1) is 13.2 Å². The number of hydrogen-bond donors (Lipinski definition) is 2. The fourth-order valence-corrected chi connectivity index (χ4v) is 2.37. The highest BCUT2D eigenvalue weighted by molar-refractivity contribution is 5.45. The highest BCUT2D eigenvalue weighted by Crippen LogP contribution is 2.30. The maximum absolute atomic E-state index is 10.1. The molecular weight excluding hydrogens is 242 g/mol. The Kier molecular flexibility index (Phi) is 5.05. The van der Waals surface area contributed by atoms with Crippen LogP contribution >= 0.6 is 0 Å². The summed E-state index contributed by atoms with van der Waals surface area (Å²) in [5.74, 6) is 1.36. The van der Waals surface area contributed by atoms with Gasteiger partial charge in [0.15, 0.2) is 11.5 Å². The van der Waals surface area contributed by atoms with Crippen LogP contribution in [0.5, 0.6) is 11.5 Å². The molecule has 1 heterocycles. The molecule has 1 fully saturated rings. The van der Waals surface area contributed by atoms with Crippen molar-refractivity contribution in [1.82, 2.24) is 5.32 Å². The zero-order valence-electron chi connectivity index (χ0n) is 11.7. The first-order chi connectivity index (χ1) is 9.22. The quantitative estimate of drug-likeness (QED) is 0.828. The number of para-hydroxylation sites is 1. The van der Waals surface area contributed by atoms with Gasteiger partial charge in [-0.05, 0) is 32.3 Å². The Morgan fingerprint density at radius 1 is 1.53 bits per heavy atom. The average molecular weight is 265 g/mol. The van der Waals surface area contributed by atoms with Gasteiger partial charge in [0.1, 0.15) is 0 Å². The number of benzene rings is 1. The lowest BCUT2D eigenvalue weighted by Gasteiger charge is -2.20. The van der Waals surface area contributed by atoms with E-state index in [9.17, 15) is 5.11 Å². The third kappa shape index (κ3) is 3.61. The lowest BCUT2D eigenvalue weighted by atomic mass is 10.0. The Bertz CT molecular complexity index is 402. The summed E-state index contributed by atoms with van der Waals surface area (Å²) in [5, 5.41) is 13.6. The maximum atomic E-state index is 10.1. The monoisotopic (exact) mass is 265 g/mol. The van der Waals surface area contributed by atoms with E-state index in [1.54, 1.807) is 6.07 Å². The van der Waals surface area contributed by atoms with Gasteiger partial charge < -0.3 is 19.9 Å². The summed E-state index contributed by atoms with van der Waals surface area (Å²) >= 11 is 0. The predicted octanol–water partition coefficient (Wildman–Crippen LogP) is 2.31. The van der Waals surface area contributed by atoms with Crippen LogP contribution < -0.4 is 10.1 Å². The molecule has 1 aliphatic rings. The van der Waals surface area contributed by atoms with Crippen molar-refractivity contribution in [2.24, 2.45) is 5.92 Å². The summed E-state index contributed by atoms with van der Waals surface area (Å²) in [4.78, 5) is 0. The summed E-state index contributed by atoms with van der Waals surface area (Å²) in [6, 6.07) is 6.00. The van der Waals surface area contributed by atoms with Crippen LogP contribution in [0.15, 0.2) is 18.2 Å². The number of rotatable bonds is 6. The summed E-state index contributed by atoms with van der Waals surface area (Å²) < 4.78 is 10.8. The van der Waals surface area contributed by atoms with Crippen molar-refractivity contribution >= 4 is 0 Å². The van der Waals surface area contributed by atoms with E-state index >= 15 is 0 Å². The second kappa shape index (κ2) is 6.78. The van der Waals surface area contributed by atoms with Crippen LogP contribution in [0.25, 0.3) is 0 Å². The third-order valence-corrected chi connectivity index (χ3v) is 3.67. The van der Waals surface area contributed by atoms with E-state index in [0.29, 0.717) is 30.9 Å². The lowest BCUT2D eigenvalue weighted by molar-refractivity contribution is 0.178. The fraction of sp³-hybridized carbons (Fsp3) is 0.600. The zero-order chi connectivity index (χ0) is 13.7. The van der Waals surface area contributed by atoms with Gasteiger partial charge in [-0.1, -0.05) is 12.1 Å². The Morgan fingerprint density at radius 3 is 3.05 bits per heavy atom. The van der Waals surface area contributed by atoms with Gasteiger partial charge in [-0.2, -0.15) is 0 Å². The van der Waals surface area contributed by atoms with E-state index in [0.717, 1.165) is 25.2 Å². The van der Waals surface area contributed by atoms with Crippen LogP contribution in [-0.4, -0.2) is 31.0 Å². The minimum atomic E-state index is 0.242. The molecule has 0 bridgehead atoms. The van der Waals surface area contributed by atoms with Gasteiger partial charge in [0.25, 0.3) is 0 Å². The van der Waals surface area contributed by atoms with Crippen molar-refractivity contribution < 1.29 is 14.6 Å². The van der Waals surface area contributed by atoms with Crippen LogP contribution in [0, 0.1) is 5.92 Å². The highest BCUT2D eigenvalue weighted by Gasteiger charge is 2.22. The van der Waals surface area contributed by atoms with E-state index in [1.165, 1.54) is 0 Å². The molecule has 106 valence electrons. The van der Waals surface area contributed by atoms with Crippen LogP contribution in [-0.2, 0) is 11.3 Å². The summed E-state index contributed by atoms with van der Waals surface area (Å²) in [7, 11) is 0. The Labute approximate surface area is 114 Å². The number of ether oxygens (including phenoxy) is 2. The number of aromatic hydroxyl groups is 1. The van der Waals surface area contributed by atoms with Crippen molar-refractivity contribution in [1.29, 1.82) is 0 Å². The highest BCUT2D eigenvalue weighted by atomic mass is 16.5. The van der Waals surface area contributed by atoms with Crippen molar-refractivity contribution in [2.75, 3.05) is 19.8 Å². The Morgan fingerprint density at radius 2 is 2.37 bits per heavy atom. The van der Waals surface area contributed by atoms with E-state index in [4.69, 9.17) is 9.47 Å². The minimum Gasteiger partial charge on any atom is -0.504 e. The SMILES string of the molecule is CCOc1cccc(CNC(C)C2CCOC2)c1O. The molecule has 0 spiro atoms. The molecule has 2 unspecified atom stereocenters. The Balaban J connectivity index is 1.93. The molecule has 1 aliphatic heterocycles. The first kappa shape index (κ1) is 14.2. The molecular formula is C15H23NO3. The Hall–Kier alpha value is -1.26. The van der Waals surface area contributed by atoms with Gasteiger partial charge >= 0.3 is 0 Å². The smallest absolute Gasteiger partial charge is 0.162 e. The predicted molar refractivity (Wildman–Crippen MR) is 74.5 cm³/mol. The van der Waals surface area contributed by atoms with Crippen molar-refractivity contribution in [3.05, 3.63) is 23.8 Å². The van der Waals surface area contributed by atoms with Gasteiger partial charge in [-0.25, -0.2) is 0 Å². The number of phenols is 1. The first-order valence-corrected chi connectivity index (χ1v) is 6.97. The molecule has 2 atom stereocenters. The van der Waals surface area contributed by atoms with Gasteiger partial charge in [0.2, 0.25) is 0 Å². The van der Waals surface area contributed by atoms with Crippen molar-refractivity contribution in [3.63, 3.8) is 0 Å². The first-order valence-electron chi connectivity index (χ1n) is 6.97. The number of nitrogens with one attached hydrogen (secondary N) is 1. The molecule has 1 saturated heterocycles. The fourth-order valence-electron chi connectivity index (χ4n) is 2.37. The molecule has 2 N–H and O–H groups in total. The van der Waals surface area contributed by atoms with Crippen LogP contribution in [0.2, 0.25) is 0 Å². The molecule has 0 amide bonds. The van der Waals surface area contributed by atoms with E-state index in [2.05, 4.69) is 12.2 Å². The second-order valence-electron chi connectivity index (χ2n) is 4.99. The van der Waals surface area contributed by atoms with Gasteiger partial charge in [-0.3, -0.25) is 0 Å². The topological polar surface area (TPSA) is 50.7 Å². The van der Waals surface area contributed by atoms with E-state index in [1.807, 2.05) is 19.1 Å². The standard InChI is InChI=1S/C15H23NO3/c1-3-19-14-6-4-5-12(15(14)17)9-16-11(2)13-7-8-18-10-13/h4-6,11,13,16-17H,3,7-10H2,1-2H3. The van der Waals surface area contributed by atoms with E-state index in [-0.39, 0.29) is 5.75 Å². The van der Waals surface area contributed by atoms with Crippen molar-refractivity contribution in [2.45, 2.75) is 32.9 Å². The molecule has 1 aromatic carbocycles. The molecule has 2 rings (SSSR count). The van der Waals surface area contributed by atoms with Gasteiger partial charge in [0, 0.05) is 24.8 Å². The molecule has 4 heteroatoms. The minimum absolute atomic E-state index is 0.242. The van der Waals surface area contributed by atoms with Crippen LogP contribution in [0.1, 0.15) is 25.8 Å². The van der Waals surface area contributed by atoms with Crippen LogP contribution in [0.3, 0.4) is 0 Å². The van der Waals surface area contributed by atoms with E-state index < -0.39 is 0 Å². The van der Waals surface area contributed by atoms with Gasteiger partial charge in [-0.15, -0.1) is 0 Å². The summed E-state index contributed by atoms with van der Waals surface area (Å²) in [6.45, 7) is 6.97. The molecule has 0 aliphatic carbocycles. The molecule has 1 aromatic rings. The molecule has 19 heavy (non-hydrogen) atoms. The normalized spacial score (nSPS) is 20.4. The number of hydrogen-bond acceptors (Lipinski definition) is 4.